The average Bonchev–Trinajstić information content (AvgIpc) is 3.50. The molecule has 0 bridgehead atoms. The van der Waals surface area contributed by atoms with Crippen LogP contribution in [0.15, 0.2) is 115 Å². The Bertz CT molecular complexity index is 1570. The van der Waals surface area contributed by atoms with Crippen molar-refractivity contribution in [3.05, 3.63) is 159 Å². The van der Waals surface area contributed by atoms with Crippen LogP contribution >= 0.6 is 11.3 Å². The van der Waals surface area contributed by atoms with E-state index in [2.05, 4.69) is 116 Å². The van der Waals surface area contributed by atoms with E-state index < -0.39 is 0 Å². The van der Waals surface area contributed by atoms with Crippen LogP contribution in [0.25, 0.3) is 0 Å². The van der Waals surface area contributed by atoms with Gasteiger partial charge in [-0.3, -0.25) is 9.69 Å². The lowest BCUT2D eigenvalue weighted by Gasteiger charge is -2.26. The summed E-state index contributed by atoms with van der Waals surface area (Å²) >= 11 is 1.51. The molecule has 0 unspecified atom stereocenters. The number of thiazole rings is 1. The van der Waals surface area contributed by atoms with Crippen molar-refractivity contribution in [1.29, 1.82) is 0 Å². The van der Waals surface area contributed by atoms with Crippen LogP contribution in [0.5, 0.6) is 0 Å². The number of nitrogens with zero attached hydrogens (tertiary/aromatic N) is 2. The molecule has 0 saturated carbocycles. The zero-order valence-electron chi connectivity index (χ0n) is 25.7. The molecule has 0 atom stereocenters. The van der Waals surface area contributed by atoms with E-state index in [9.17, 15) is 9.18 Å². The monoisotopic (exact) mass is 605 g/mol. The van der Waals surface area contributed by atoms with E-state index >= 15 is 0 Å². The van der Waals surface area contributed by atoms with E-state index in [1.54, 1.807) is 12.1 Å². The Morgan fingerprint density at radius 2 is 1.41 bits per heavy atom. The van der Waals surface area contributed by atoms with Crippen molar-refractivity contribution in [1.82, 2.24) is 15.2 Å². The van der Waals surface area contributed by atoms with Crippen LogP contribution < -0.4 is 5.32 Å². The third kappa shape index (κ3) is 8.71. The first-order valence-electron chi connectivity index (χ1n) is 15.1. The Morgan fingerprint density at radius 3 is 2.00 bits per heavy atom. The number of benzene rings is 4. The predicted octanol–water partition coefficient (Wildman–Crippen LogP) is 8.73. The van der Waals surface area contributed by atoms with Crippen molar-refractivity contribution < 1.29 is 9.18 Å². The van der Waals surface area contributed by atoms with Gasteiger partial charge in [-0.25, -0.2) is 9.37 Å². The van der Waals surface area contributed by atoms with E-state index in [0.29, 0.717) is 18.8 Å². The molecule has 0 aliphatic heterocycles. The normalized spacial score (nSPS) is 11.7. The number of hydrogen-bond donors (Lipinski definition) is 1. The maximum Gasteiger partial charge on any atom is 0.271 e. The molecule has 0 fully saturated rings. The molecule has 1 N–H and O–H groups in total. The molecule has 226 valence electrons. The molecule has 4 nitrogen and oxygen atoms in total. The number of rotatable bonds is 12. The lowest BCUT2D eigenvalue weighted by molar-refractivity contribution is 0.0946. The van der Waals surface area contributed by atoms with Crippen molar-refractivity contribution >= 4 is 17.2 Å². The first-order valence-corrected chi connectivity index (χ1v) is 16.0. The zero-order valence-corrected chi connectivity index (χ0v) is 26.5. The molecule has 5 rings (SSSR count). The highest BCUT2D eigenvalue weighted by Gasteiger charge is 2.19. The van der Waals surface area contributed by atoms with Gasteiger partial charge >= 0.3 is 0 Å². The zero-order chi connectivity index (χ0) is 30.9. The fourth-order valence-electron chi connectivity index (χ4n) is 5.34. The number of carbonyl (C=O) groups is 1. The maximum atomic E-state index is 13.2. The van der Waals surface area contributed by atoms with E-state index in [1.165, 1.54) is 45.7 Å². The number of carbonyl (C=O) groups excluding carboxylic acids is 1. The topological polar surface area (TPSA) is 45.2 Å². The number of halogens is 1. The second-order valence-corrected chi connectivity index (χ2v) is 13.2. The summed E-state index contributed by atoms with van der Waals surface area (Å²) in [6.45, 7) is 9.32. The predicted molar refractivity (Wildman–Crippen MR) is 178 cm³/mol. The smallest absolute Gasteiger partial charge is 0.271 e. The summed E-state index contributed by atoms with van der Waals surface area (Å²) in [6.07, 6.45) is 0.949. The minimum Gasteiger partial charge on any atom is -0.347 e. The SMILES string of the molecule is CC(C)(C)c1ccc(CN(CCC(c2ccccc2)c2ccccc2)Cc2nc(C(=O)NCc3ccc(F)cc3)cs2)cc1. The van der Waals surface area contributed by atoms with E-state index in [4.69, 9.17) is 4.98 Å². The van der Waals surface area contributed by atoms with Gasteiger partial charge in [-0.05, 0) is 58.3 Å². The summed E-state index contributed by atoms with van der Waals surface area (Å²) in [5.41, 5.74) is 6.54. The van der Waals surface area contributed by atoms with Crippen molar-refractivity contribution in [2.75, 3.05) is 6.54 Å². The molecule has 1 heterocycles. The van der Waals surface area contributed by atoms with E-state index in [-0.39, 0.29) is 23.1 Å². The molecule has 0 aliphatic carbocycles. The largest absolute Gasteiger partial charge is 0.347 e. The highest BCUT2D eigenvalue weighted by Crippen LogP contribution is 2.29. The van der Waals surface area contributed by atoms with Gasteiger partial charge < -0.3 is 5.32 Å². The summed E-state index contributed by atoms with van der Waals surface area (Å²) in [5.74, 6) is -0.251. The van der Waals surface area contributed by atoms with Crippen LogP contribution in [0.1, 0.15) is 76.4 Å². The minimum atomic E-state index is -0.294. The highest BCUT2D eigenvalue weighted by molar-refractivity contribution is 7.09. The van der Waals surface area contributed by atoms with Crippen molar-refractivity contribution in [2.24, 2.45) is 0 Å². The standard InChI is InChI=1S/C38H40FN3OS/c1-38(2,3)32-18-14-29(15-19-32)25-42(23-22-34(30-10-6-4-7-11-30)31-12-8-5-9-13-31)26-36-41-35(27-44-36)37(43)40-24-28-16-20-33(39)21-17-28/h4-21,27,34H,22-26H2,1-3H3,(H,40,43). The first kappa shape index (κ1) is 31.3. The lowest BCUT2D eigenvalue weighted by Crippen LogP contribution is -2.26. The highest BCUT2D eigenvalue weighted by atomic mass is 32.1. The second kappa shape index (κ2) is 14.6. The second-order valence-electron chi connectivity index (χ2n) is 12.3. The van der Waals surface area contributed by atoms with Crippen LogP contribution in [-0.2, 0) is 25.0 Å². The Hall–Kier alpha value is -4.13. The summed E-state index contributed by atoms with van der Waals surface area (Å²) < 4.78 is 13.2. The molecule has 0 radical (unpaired) electrons. The molecule has 1 aromatic heterocycles. The molecule has 0 spiro atoms. The molecular formula is C38H40FN3OS. The first-order chi connectivity index (χ1) is 21.2. The lowest BCUT2D eigenvalue weighted by atomic mass is 9.86. The average molecular weight is 606 g/mol. The van der Waals surface area contributed by atoms with Crippen LogP contribution in [0, 0.1) is 5.82 Å². The summed E-state index contributed by atoms with van der Waals surface area (Å²) in [5, 5.41) is 5.63. The summed E-state index contributed by atoms with van der Waals surface area (Å²) in [7, 11) is 0. The Labute approximate surface area is 264 Å². The molecular weight excluding hydrogens is 566 g/mol. The van der Waals surface area contributed by atoms with Gasteiger partial charge in [-0.2, -0.15) is 0 Å². The van der Waals surface area contributed by atoms with Crippen LogP contribution in [0.3, 0.4) is 0 Å². The number of hydrogen-bond acceptors (Lipinski definition) is 4. The molecule has 4 aromatic carbocycles. The van der Waals surface area contributed by atoms with Crippen molar-refractivity contribution in [2.45, 2.75) is 58.2 Å². The molecule has 44 heavy (non-hydrogen) atoms. The van der Waals surface area contributed by atoms with Crippen molar-refractivity contribution in [3.8, 4) is 0 Å². The minimum absolute atomic E-state index is 0.103. The Balaban J connectivity index is 1.32. The molecule has 0 aliphatic rings. The summed E-state index contributed by atoms with van der Waals surface area (Å²) in [6, 6.07) is 36.5. The van der Waals surface area contributed by atoms with Gasteiger partial charge in [0.2, 0.25) is 0 Å². The number of aromatic nitrogens is 1. The van der Waals surface area contributed by atoms with Gasteiger partial charge in [0.05, 0.1) is 6.54 Å². The Morgan fingerprint density at radius 1 is 0.818 bits per heavy atom. The van der Waals surface area contributed by atoms with Gasteiger partial charge in [0, 0.05) is 24.4 Å². The van der Waals surface area contributed by atoms with Crippen LogP contribution in [0.2, 0.25) is 0 Å². The molecule has 5 aromatic rings. The third-order valence-electron chi connectivity index (χ3n) is 7.87. The van der Waals surface area contributed by atoms with Gasteiger partial charge in [-0.1, -0.05) is 118 Å². The molecule has 1 amide bonds. The van der Waals surface area contributed by atoms with E-state index in [0.717, 1.165) is 30.1 Å². The summed E-state index contributed by atoms with van der Waals surface area (Å²) in [4.78, 5) is 20.0. The fraction of sp³-hybridized carbons (Fsp3) is 0.263. The van der Waals surface area contributed by atoms with Gasteiger partial charge in [-0.15, -0.1) is 11.3 Å². The van der Waals surface area contributed by atoms with Gasteiger partial charge in [0.1, 0.15) is 16.5 Å². The third-order valence-corrected chi connectivity index (χ3v) is 8.71. The van der Waals surface area contributed by atoms with Gasteiger partial charge in [0.25, 0.3) is 5.91 Å². The van der Waals surface area contributed by atoms with Crippen molar-refractivity contribution in [3.63, 3.8) is 0 Å². The van der Waals surface area contributed by atoms with E-state index in [1.807, 2.05) is 5.38 Å². The van der Waals surface area contributed by atoms with Gasteiger partial charge in [0.15, 0.2) is 0 Å². The van der Waals surface area contributed by atoms with Crippen LogP contribution in [0.4, 0.5) is 4.39 Å². The number of nitrogens with one attached hydrogen (secondary N) is 1. The molecule has 0 saturated heterocycles. The fourth-order valence-corrected chi connectivity index (χ4v) is 6.16. The van der Waals surface area contributed by atoms with Crippen LogP contribution in [-0.4, -0.2) is 22.3 Å². The quantitative estimate of drug-likeness (QED) is 0.155. The number of amides is 1. The maximum absolute atomic E-state index is 13.2. The Kier molecular flexibility index (Phi) is 10.4. The molecule has 6 heteroatoms.